The molecule has 0 spiro atoms. The Labute approximate surface area is 192 Å². The van der Waals surface area contributed by atoms with E-state index in [0.29, 0.717) is 26.1 Å². The van der Waals surface area contributed by atoms with Crippen LogP contribution in [0, 0.1) is 6.92 Å². The number of amides is 1. The Kier molecular flexibility index (Phi) is 6.78. The van der Waals surface area contributed by atoms with Crippen LogP contribution in [0.2, 0.25) is 10.0 Å². The zero-order chi connectivity index (χ0) is 20.7. The van der Waals surface area contributed by atoms with Crippen molar-refractivity contribution >= 4 is 67.5 Å². The van der Waals surface area contributed by atoms with Crippen molar-refractivity contribution in [1.82, 2.24) is 9.97 Å². The van der Waals surface area contributed by atoms with Gasteiger partial charge in [-0.15, -0.1) is 0 Å². The van der Waals surface area contributed by atoms with Crippen LogP contribution >= 0.6 is 34.5 Å². The van der Waals surface area contributed by atoms with E-state index in [1.54, 1.807) is 19.1 Å². The molecule has 1 aliphatic rings. The molecule has 3 heterocycles. The Bertz CT molecular complexity index is 1120. The Morgan fingerprint density at radius 1 is 1.27 bits per heavy atom. The van der Waals surface area contributed by atoms with Gasteiger partial charge in [0.25, 0.3) is 5.91 Å². The number of carbonyl (C=O) groups excluding carboxylic acids is 1. The van der Waals surface area contributed by atoms with Gasteiger partial charge in [0.05, 0.1) is 52.2 Å². The number of hydrogen-bond acceptors (Lipinski definition) is 5. The first-order valence-corrected chi connectivity index (χ1v) is 10.5. The average Bonchev–Trinajstić information content (AvgIpc) is 3.23. The number of nitrogens with two attached hydrogens (primary N) is 1. The minimum atomic E-state index is -1.00. The molecule has 0 unspecified atom stereocenters. The third-order valence-electron chi connectivity index (χ3n) is 4.77. The van der Waals surface area contributed by atoms with Crippen molar-refractivity contribution in [2.24, 2.45) is 0 Å². The van der Waals surface area contributed by atoms with E-state index >= 15 is 0 Å². The van der Waals surface area contributed by atoms with Crippen LogP contribution in [0.25, 0.3) is 10.2 Å². The highest BCUT2D eigenvalue weighted by Crippen LogP contribution is 2.35. The number of halogens is 3. The predicted octanol–water partition coefficient (Wildman–Crippen LogP) is -0.422. The summed E-state index contributed by atoms with van der Waals surface area (Å²) in [4.78, 5) is 33.8. The number of piperazine rings is 1. The van der Waals surface area contributed by atoms with Crippen LogP contribution in [-0.2, 0) is 0 Å². The Morgan fingerprint density at radius 2 is 1.97 bits per heavy atom. The van der Waals surface area contributed by atoms with E-state index in [-0.39, 0.29) is 28.7 Å². The number of H-pyrrole nitrogens is 1. The fourth-order valence-electron chi connectivity index (χ4n) is 3.31. The number of fused-ring (bicyclic) bond motifs is 1. The number of aromatic nitrogens is 2. The number of carbonyl (C=O) groups is 2. The van der Waals surface area contributed by atoms with Gasteiger partial charge in [0.1, 0.15) is 11.2 Å². The molecule has 30 heavy (non-hydrogen) atoms. The van der Waals surface area contributed by atoms with Crippen molar-refractivity contribution in [3.8, 4) is 0 Å². The molecule has 3 aromatic rings. The number of hydrogen-bond donors (Lipinski definition) is 4. The molecule has 1 amide bonds. The molecule has 1 saturated heterocycles. The lowest BCUT2D eigenvalue weighted by atomic mass is 10.1. The summed E-state index contributed by atoms with van der Waals surface area (Å²) >= 11 is 13.4. The van der Waals surface area contributed by atoms with Gasteiger partial charge in [-0.3, -0.25) is 10.1 Å². The minimum absolute atomic E-state index is 0. The second kappa shape index (κ2) is 8.99. The van der Waals surface area contributed by atoms with Crippen molar-refractivity contribution < 1.29 is 32.4 Å². The molecule has 1 aliphatic heterocycles. The lowest BCUT2D eigenvalue weighted by Crippen LogP contribution is -3.00. The number of anilines is 2. The molecule has 0 saturated carbocycles. The van der Waals surface area contributed by atoms with Crippen LogP contribution in [0.15, 0.2) is 12.1 Å². The molecule has 0 radical (unpaired) electrons. The zero-order valence-corrected chi connectivity index (χ0v) is 18.8. The zero-order valence-electron chi connectivity index (χ0n) is 15.8. The quantitative estimate of drug-likeness (QED) is 0.396. The van der Waals surface area contributed by atoms with Gasteiger partial charge in [-0.2, -0.15) is 0 Å². The number of carboxylic acids is 1. The Morgan fingerprint density at radius 3 is 2.57 bits per heavy atom. The number of aromatic carboxylic acids is 1. The number of rotatable bonds is 4. The van der Waals surface area contributed by atoms with Crippen LogP contribution in [-0.4, -0.2) is 53.1 Å². The molecule has 2 aromatic heterocycles. The molecule has 8 nitrogen and oxygen atoms in total. The topological polar surface area (TPSA) is 115 Å². The van der Waals surface area contributed by atoms with Crippen molar-refractivity contribution in [2.45, 2.75) is 6.92 Å². The first-order valence-electron chi connectivity index (χ1n) is 8.94. The average molecular weight is 491 g/mol. The monoisotopic (exact) mass is 489 g/mol. The summed E-state index contributed by atoms with van der Waals surface area (Å²) in [6.45, 7) is 5.18. The van der Waals surface area contributed by atoms with Crippen molar-refractivity contribution in [3.63, 3.8) is 0 Å². The number of nitrogens with one attached hydrogen (secondary N) is 2. The number of thiazole rings is 1. The molecule has 0 atom stereocenters. The number of quaternary nitrogens is 1. The molecule has 0 aliphatic carbocycles. The van der Waals surface area contributed by atoms with Crippen LogP contribution in [0.4, 0.5) is 10.8 Å². The molecule has 12 heteroatoms. The third kappa shape index (κ3) is 4.21. The molecule has 5 N–H and O–H groups in total. The summed E-state index contributed by atoms with van der Waals surface area (Å²) < 4.78 is 0.691. The standard InChI is InChI=1S/C18H17Cl2N5O3S.ClH/c1-8-12(19)13(20)15(22-8)16(26)24-18-23-14-10(25-4-2-21-3-5-25)6-9(17(27)28)7-11(14)29-18;/h6-7,21-22H,2-5H2,1H3,(H,27,28)(H,23,24,26);1H. The largest absolute Gasteiger partial charge is 1.00 e. The summed E-state index contributed by atoms with van der Waals surface area (Å²) in [7, 11) is 0. The fraction of sp³-hybridized carbons (Fsp3) is 0.278. The highest BCUT2D eigenvalue weighted by Gasteiger charge is 2.23. The maximum atomic E-state index is 12.6. The molecule has 160 valence electrons. The van der Waals surface area contributed by atoms with Gasteiger partial charge >= 0.3 is 5.97 Å². The summed E-state index contributed by atoms with van der Waals surface area (Å²) in [5.74, 6) is -1.46. The summed E-state index contributed by atoms with van der Waals surface area (Å²) in [6.07, 6.45) is 0. The first-order chi connectivity index (χ1) is 13.8. The lowest BCUT2D eigenvalue weighted by Gasteiger charge is -2.27. The van der Waals surface area contributed by atoms with E-state index in [4.69, 9.17) is 23.2 Å². The van der Waals surface area contributed by atoms with Gasteiger partial charge in [0, 0.05) is 5.69 Å². The van der Waals surface area contributed by atoms with Gasteiger partial charge in [-0.1, -0.05) is 34.5 Å². The minimum Gasteiger partial charge on any atom is -1.00 e. The van der Waals surface area contributed by atoms with Crippen molar-refractivity contribution in [2.75, 3.05) is 36.4 Å². The van der Waals surface area contributed by atoms with E-state index < -0.39 is 11.9 Å². The Balaban J connectivity index is 0.00000256. The van der Waals surface area contributed by atoms with Crippen LogP contribution in [0.1, 0.15) is 26.5 Å². The van der Waals surface area contributed by atoms with E-state index in [2.05, 4.69) is 25.5 Å². The van der Waals surface area contributed by atoms with Crippen LogP contribution < -0.4 is 27.9 Å². The maximum absolute atomic E-state index is 12.6. The van der Waals surface area contributed by atoms with E-state index in [9.17, 15) is 14.7 Å². The summed E-state index contributed by atoms with van der Waals surface area (Å²) in [5, 5.41) is 15.2. The third-order valence-corrected chi connectivity index (χ3v) is 6.64. The first kappa shape index (κ1) is 22.6. The summed E-state index contributed by atoms with van der Waals surface area (Å²) in [6, 6.07) is 3.22. The molecule has 0 bridgehead atoms. The van der Waals surface area contributed by atoms with Gasteiger partial charge in [0.15, 0.2) is 5.13 Å². The second-order valence-corrected chi connectivity index (χ2v) is 8.51. The van der Waals surface area contributed by atoms with Crippen LogP contribution in [0.5, 0.6) is 0 Å². The maximum Gasteiger partial charge on any atom is 0.335 e. The van der Waals surface area contributed by atoms with Crippen molar-refractivity contribution in [1.29, 1.82) is 0 Å². The number of benzene rings is 1. The summed E-state index contributed by atoms with van der Waals surface area (Å²) in [5.41, 5.74) is 2.39. The number of nitrogens with zero attached hydrogens (tertiary/aromatic N) is 2. The lowest BCUT2D eigenvalue weighted by molar-refractivity contribution is -0.655. The highest BCUT2D eigenvalue weighted by atomic mass is 35.5. The van der Waals surface area contributed by atoms with Gasteiger partial charge in [0.2, 0.25) is 0 Å². The Hall–Kier alpha value is -2.04. The molecular weight excluding hydrogens is 473 g/mol. The predicted molar refractivity (Wildman–Crippen MR) is 114 cm³/mol. The number of aromatic amines is 1. The molecule has 1 aromatic carbocycles. The van der Waals surface area contributed by atoms with Gasteiger partial charge < -0.3 is 32.7 Å². The molecule has 1 fully saturated rings. The van der Waals surface area contributed by atoms with E-state index in [0.717, 1.165) is 31.9 Å². The van der Waals surface area contributed by atoms with Crippen molar-refractivity contribution in [3.05, 3.63) is 39.1 Å². The normalized spacial score (nSPS) is 13.9. The molecular formula is C18H18Cl3N5O3S. The number of carboxylic acid groups (broad SMARTS) is 1. The molecule has 4 rings (SSSR count). The van der Waals surface area contributed by atoms with E-state index in [1.807, 2.05) is 0 Å². The second-order valence-electron chi connectivity index (χ2n) is 6.73. The number of aryl methyl sites for hydroxylation is 1. The smallest absolute Gasteiger partial charge is 0.335 e. The van der Waals surface area contributed by atoms with Gasteiger partial charge in [-0.05, 0) is 19.1 Å². The van der Waals surface area contributed by atoms with E-state index in [1.165, 1.54) is 11.3 Å². The van der Waals surface area contributed by atoms with Gasteiger partial charge in [-0.25, -0.2) is 9.78 Å². The highest BCUT2D eigenvalue weighted by molar-refractivity contribution is 7.22. The van der Waals surface area contributed by atoms with Crippen LogP contribution in [0.3, 0.4) is 0 Å². The SMILES string of the molecule is Cc1[nH]c(C(=O)Nc2nc3c(N4CC[NH2+]CC4)cc(C(=O)O)cc3s2)c(Cl)c1Cl.[Cl-]. The fourth-order valence-corrected chi connectivity index (χ4v) is 4.65.